The number of hydrogen-bond acceptors (Lipinski definition) is 12. The average molecular weight is 498 g/mol. The monoisotopic (exact) mass is 497 g/mol. The molecule has 0 rings (SSSR count). The van der Waals surface area contributed by atoms with Crippen LogP contribution in [0, 0.1) is 0 Å². The molecule has 0 bridgehead atoms. The van der Waals surface area contributed by atoms with Crippen molar-refractivity contribution in [3.8, 4) is 0 Å². The minimum Gasteiger partial charge on any atom is -0.395 e. The van der Waals surface area contributed by atoms with Crippen LogP contribution in [0.4, 0.5) is 0 Å². The highest BCUT2D eigenvalue weighted by atomic mass is 16.3. The van der Waals surface area contributed by atoms with Gasteiger partial charge in [-0.2, -0.15) is 0 Å². The molecule has 7 N–H and O–H groups in total. The maximum atomic E-state index is 9.51. The van der Waals surface area contributed by atoms with E-state index < -0.39 is 0 Å². The van der Waals surface area contributed by atoms with Crippen LogP contribution in [-0.2, 0) is 0 Å². The van der Waals surface area contributed by atoms with Crippen LogP contribution in [0.3, 0.4) is 0 Å². The maximum absolute atomic E-state index is 9.51. The van der Waals surface area contributed by atoms with Gasteiger partial charge in [-0.1, -0.05) is 0 Å². The molecule has 0 aliphatic heterocycles. The second-order valence-electron chi connectivity index (χ2n) is 8.27. The molecule has 206 valence electrons. The fourth-order valence-electron chi connectivity index (χ4n) is 3.80. The third-order valence-electron chi connectivity index (χ3n) is 5.84. The molecule has 0 aliphatic carbocycles. The van der Waals surface area contributed by atoms with Crippen LogP contribution in [0.1, 0.15) is 0 Å². The zero-order valence-corrected chi connectivity index (χ0v) is 20.9. The molecular formula is C22H51N5O7. The molecule has 0 amide bonds. The highest BCUT2D eigenvalue weighted by Gasteiger charge is 2.14. The lowest BCUT2D eigenvalue weighted by Gasteiger charge is -2.31. The van der Waals surface area contributed by atoms with Crippen LogP contribution in [0.5, 0.6) is 0 Å². The van der Waals surface area contributed by atoms with E-state index in [0.29, 0.717) is 98.2 Å². The largest absolute Gasteiger partial charge is 0.395 e. The zero-order valence-electron chi connectivity index (χ0n) is 20.9. The summed E-state index contributed by atoms with van der Waals surface area (Å²) in [5.41, 5.74) is 0. The van der Waals surface area contributed by atoms with Gasteiger partial charge in [0.15, 0.2) is 0 Å². The molecular weight excluding hydrogens is 446 g/mol. The van der Waals surface area contributed by atoms with Crippen molar-refractivity contribution >= 4 is 0 Å². The van der Waals surface area contributed by atoms with Crippen molar-refractivity contribution in [2.45, 2.75) is 0 Å². The van der Waals surface area contributed by atoms with Crippen molar-refractivity contribution in [2.75, 3.05) is 144 Å². The maximum Gasteiger partial charge on any atom is 0.0558 e. The van der Waals surface area contributed by atoms with Gasteiger partial charge in [0.05, 0.1) is 46.2 Å². The first kappa shape index (κ1) is 33.5. The molecule has 0 unspecified atom stereocenters. The van der Waals surface area contributed by atoms with Crippen molar-refractivity contribution in [3.63, 3.8) is 0 Å². The molecule has 0 radical (unpaired) electrons. The molecule has 0 saturated carbocycles. The smallest absolute Gasteiger partial charge is 0.0558 e. The van der Waals surface area contributed by atoms with Crippen LogP contribution in [0.2, 0.25) is 0 Å². The number of rotatable bonds is 26. The molecule has 0 heterocycles. The molecule has 0 aromatic carbocycles. The van der Waals surface area contributed by atoms with Gasteiger partial charge in [-0.15, -0.1) is 0 Å². The van der Waals surface area contributed by atoms with Crippen molar-refractivity contribution in [2.24, 2.45) is 0 Å². The standard InChI is InChI=1S/C22H51N5O7/c28-16-9-23(1-3-24(10-17-29)5-7-26(12-19-31)13-20-32)2-4-25(11-18-30)6-8-27(14-21-33)15-22-34/h28-34H,1-22H2. The Hall–Kier alpha value is -0.480. The highest BCUT2D eigenvalue weighted by molar-refractivity contribution is 4.70. The first-order chi connectivity index (χ1) is 16.6. The van der Waals surface area contributed by atoms with Crippen LogP contribution >= 0.6 is 0 Å². The predicted molar refractivity (Wildman–Crippen MR) is 132 cm³/mol. The summed E-state index contributed by atoms with van der Waals surface area (Å²) in [6, 6.07) is 0. The molecule has 0 aromatic rings. The van der Waals surface area contributed by atoms with Crippen molar-refractivity contribution in [1.29, 1.82) is 0 Å². The fourth-order valence-corrected chi connectivity index (χ4v) is 3.80. The van der Waals surface area contributed by atoms with Gasteiger partial charge in [0.1, 0.15) is 0 Å². The Balaban J connectivity index is 4.70. The lowest BCUT2D eigenvalue weighted by atomic mass is 10.3. The molecule has 34 heavy (non-hydrogen) atoms. The van der Waals surface area contributed by atoms with E-state index in [9.17, 15) is 35.7 Å². The molecule has 12 heteroatoms. The quantitative estimate of drug-likeness (QED) is 0.0615. The SMILES string of the molecule is OCCN(CCO)CCN(CCO)CCN(CCO)CCN(CCO)CCN(CCO)CCO. The van der Waals surface area contributed by atoms with Crippen molar-refractivity contribution < 1.29 is 35.7 Å². The summed E-state index contributed by atoms with van der Waals surface area (Å²) in [6.07, 6.45) is 0. The fraction of sp³-hybridized carbons (Fsp3) is 1.00. The molecule has 0 saturated heterocycles. The zero-order chi connectivity index (χ0) is 25.4. The third-order valence-corrected chi connectivity index (χ3v) is 5.84. The summed E-state index contributed by atoms with van der Waals surface area (Å²) in [4.78, 5) is 10.4. The summed E-state index contributed by atoms with van der Waals surface area (Å²) >= 11 is 0. The van der Waals surface area contributed by atoms with Crippen LogP contribution in [0.15, 0.2) is 0 Å². The molecule has 0 aromatic heterocycles. The van der Waals surface area contributed by atoms with Gasteiger partial charge >= 0.3 is 0 Å². The number of aliphatic hydroxyl groups is 7. The van der Waals surface area contributed by atoms with Gasteiger partial charge < -0.3 is 35.7 Å². The van der Waals surface area contributed by atoms with Crippen LogP contribution in [-0.4, -0.2) is 205 Å². The Labute approximate surface area is 205 Å². The van der Waals surface area contributed by atoms with Crippen molar-refractivity contribution in [1.82, 2.24) is 24.5 Å². The Bertz CT molecular complexity index is 383. The second-order valence-corrected chi connectivity index (χ2v) is 8.27. The Morgan fingerprint density at radius 3 is 0.441 bits per heavy atom. The van der Waals surface area contributed by atoms with Gasteiger partial charge in [0.2, 0.25) is 0 Å². The Morgan fingerprint density at radius 1 is 0.206 bits per heavy atom. The summed E-state index contributed by atoms with van der Waals surface area (Å²) < 4.78 is 0. The van der Waals surface area contributed by atoms with E-state index in [2.05, 4.69) is 14.7 Å². The lowest BCUT2D eigenvalue weighted by molar-refractivity contribution is 0.107. The van der Waals surface area contributed by atoms with Gasteiger partial charge in [-0.05, 0) is 0 Å². The van der Waals surface area contributed by atoms with E-state index >= 15 is 0 Å². The Kier molecular flexibility index (Phi) is 23.9. The van der Waals surface area contributed by atoms with Crippen LogP contribution in [0.25, 0.3) is 0 Å². The van der Waals surface area contributed by atoms with Gasteiger partial charge in [0.25, 0.3) is 0 Å². The van der Waals surface area contributed by atoms with E-state index in [1.165, 1.54) is 0 Å². The van der Waals surface area contributed by atoms with Gasteiger partial charge in [0, 0.05) is 98.2 Å². The first-order valence-electron chi connectivity index (χ1n) is 12.5. The van der Waals surface area contributed by atoms with E-state index in [4.69, 9.17) is 0 Å². The van der Waals surface area contributed by atoms with Gasteiger partial charge in [-0.25, -0.2) is 0 Å². The van der Waals surface area contributed by atoms with Crippen molar-refractivity contribution in [3.05, 3.63) is 0 Å². The number of nitrogens with zero attached hydrogens (tertiary/aromatic N) is 5. The minimum atomic E-state index is 0.0341. The third kappa shape index (κ3) is 17.9. The Morgan fingerprint density at radius 2 is 0.324 bits per heavy atom. The molecule has 0 aliphatic rings. The highest BCUT2D eigenvalue weighted by Crippen LogP contribution is 1.98. The number of hydrogen-bond donors (Lipinski definition) is 7. The molecule has 0 fully saturated rings. The van der Waals surface area contributed by atoms with E-state index in [-0.39, 0.29) is 46.2 Å². The molecule has 0 atom stereocenters. The summed E-state index contributed by atoms with van der Waals surface area (Å²) in [7, 11) is 0. The van der Waals surface area contributed by atoms with E-state index in [1.807, 2.05) is 9.80 Å². The predicted octanol–water partition coefficient (Wildman–Crippen LogP) is -4.56. The lowest BCUT2D eigenvalue weighted by Crippen LogP contribution is -2.45. The number of aliphatic hydroxyl groups excluding tert-OH is 7. The second kappa shape index (κ2) is 24.2. The minimum absolute atomic E-state index is 0.0341. The first-order valence-corrected chi connectivity index (χ1v) is 12.5. The summed E-state index contributed by atoms with van der Waals surface area (Å²) in [5, 5.41) is 65.1. The van der Waals surface area contributed by atoms with E-state index in [1.54, 1.807) is 0 Å². The topological polar surface area (TPSA) is 158 Å². The average Bonchev–Trinajstić information content (AvgIpc) is 2.82. The van der Waals surface area contributed by atoms with E-state index in [0.717, 1.165) is 0 Å². The molecule has 12 nitrogen and oxygen atoms in total. The van der Waals surface area contributed by atoms with Crippen LogP contribution < -0.4 is 0 Å². The normalized spacial score (nSPS) is 12.4. The van der Waals surface area contributed by atoms with Gasteiger partial charge in [-0.3, -0.25) is 24.5 Å². The summed E-state index contributed by atoms with van der Waals surface area (Å²) in [6.45, 7) is 9.49. The summed E-state index contributed by atoms with van der Waals surface area (Å²) in [5.74, 6) is 0. The molecule has 0 spiro atoms.